The zero-order chi connectivity index (χ0) is 18.7. The van der Waals surface area contributed by atoms with E-state index in [9.17, 15) is 9.59 Å². The van der Waals surface area contributed by atoms with Crippen LogP contribution in [0, 0.1) is 19.8 Å². The van der Waals surface area contributed by atoms with Crippen molar-refractivity contribution in [1.82, 2.24) is 5.01 Å². The van der Waals surface area contributed by atoms with Crippen molar-refractivity contribution in [3.63, 3.8) is 0 Å². The first-order chi connectivity index (χ1) is 12.5. The smallest absolute Gasteiger partial charge is 0.264 e. The van der Waals surface area contributed by atoms with Crippen LogP contribution in [0.2, 0.25) is 0 Å². The molecule has 0 fully saturated rings. The lowest BCUT2D eigenvalue weighted by molar-refractivity contribution is -0.118. The number of thioether (sulfide) groups is 1. The summed E-state index contributed by atoms with van der Waals surface area (Å²) >= 11 is 1.09. The molecule has 0 saturated carbocycles. The van der Waals surface area contributed by atoms with Crippen LogP contribution in [0.15, 0.2) is 33.3 Å². The van der Waals surface area contributed by atoms with E-state index in [1.54, 1.807) is 0 Å². The number of anilines is 1. The van der Waals surface area contributed by atoms with Crippen molar-refractivity contribution >= 4 is 46.5 Å². The van der Waals surface area contributed by atoms with Gasteiger partial charge >= 0.3 is 0 Å². The summed E-state index contributed by atoms with van der Waals surface area (Å²) in [7, 11) is 0. The monoisotopic (exact) mass is 373 g/mol. The van der Waals surface area contributed by atoms with Crippen LogP contribution in [0.4, 0.5) is 5.69 Å². The molecule has 1 atom stereocenters. The van der Waals surface area contributed by atoms with Crippen molar-refractivity contribution in [2.45, 2.75) is 13.8 Å². The molecule has 8 nitrogen and oxygen atoms in total. The molecule has 0 aliphatic carbocycles. The van der Waals surface area contributed by atoms with E-state index in [4.69, 9.17) is 5.11 Å². The van der Waals surface area contributed by atoms with Gasteiger partial charge in [0.15, 0.2) is 5.17 Å². The molecule has 9 heteroatoms. The number of amides is 2. The van der Waals surface area contributed by atoms with E-state index in [0.29, 0.717) is 5.84 Å². The van der Waals surface area contributed by atoms with Crippen LogP contribution < -0.4 is 5.32 Å². The summed E-state index contributed by atoms with van der Waals surface area (Å²) in [6, 6.07) is 5.84. The Morgan fingerprint density at radius 2 is 2.15 bits per heavy atom. The largest absolute Gasteiger partial charge is 0.394 e. The molecule has 2 aliphatic heterocycles. The van der Waals surface area contributed by atoms with E-state index < -0.39 is 5.92 Å². The second-order valence-electron chi connectivity index (χ2n) is 5.95. The van der Waals surface area contributed by atoms with E-state index in [2.05, 4.69) is 20.4 Å². The Bertz CT molecular complexity index is 834. The molecule has 0 aromatic heterocycles. The van der Waals surface area contributed by atoms with Gasteiger partial charge in [0.2, 0.25) is 5.91 Å². The summed E-state index contributed by atoms with van der Waals surface area (Å²) in [4.78, 5) is 32.5. The van der Waals surface area contributed by atoms with Gasteiger partial charge in [0.1, 0.15) is 11.8 Å². The number of nitrogens with zero attached hydrogens (tertiary/aromatic N) is 4. The third-order valence-electron chi connectivity index (χ3n) is 3.89. The predicted octanol–water partition coefficient (Wildman–Crippen LogP) is 1.18. The number of fused-ring (bicyclic) bond motifs is 1. The molecule has 0 radical (unpaired) electrons. The van der Waals surface area contributed by atoms with E-state index in [-0.39, 0.29) is 35.9 Å². The molecule has 2 heterocycles. The van der Waals surface area contributed by atoms with Gasteiger partial charge in [0.25, 0.3) is 5.91 Å². The first kappa shape index (κ1) is 18.3. The highest BCUT2D eigenvalue weighted by atomic mass is 32.2. The Kier molecular flexibility index (Phi) is 5.48. The van der Waals surface area contributed by atoms with Crippen molar-refractivity contribution in [3.05, 3.63) is 29.3 Å². The molecule has 1 aromatic carbocycles. The van der Waals surface area contributed by atoms with Gasteiger partial charge in [-0.1, -0.05) is 23.9 Å². The first-order valence-corrected chi connectivity index (χ1v) is 9.10. The van der Waals surface area contributed by atoms with Crippen LogP contribution in [0.25, 0.3) is 0 Å². The topological polar surface area (TPSA) is 107 Å². The maximum absolute atomic E-state index is 12.2. The van der Waals surface area contributed by atoms with Crippen LogP contribution in [0.3, 0.4) is 0 Å². The second kappa shape index (κ2) is 7.79. The van der Waals surface area contributed by atoms with Gasteiger partial charge in [0, 0.05) is 11.9 Å². The number of carbonyl (C=O) groups is 2. The molecule has 1 aromatic rings. The van der Waals surface area contributed by atoms with Crippen molar-refractivity contribution in [3.8, 4) is 0 Å². The van der Waals surface area contributed by atoms with E-state index in [0.717, 1.165) is 28.6 Å². The summed E-state index contributed by atoms with van der Waals surface area (Å²) in [6.45, 7) is 4.04. The number of rotatable bonds is 5. The van der Waals surface area contributed by atoms with E-state index in [1.807, 2.05) is 32.0 Å². The molecular weight excluding hydrogens is 354 g/mol. The number of β-amino-alcohol motifs (C(OH)–C–C–N with tert-alkyl or cyclic N) is 1. The minimum absolute atomic E-state index is 0.0851. The summed E-state index contributed by atoms with van der Waals surface area (Å²) in [5.74, 6) is -0.638. The number of amidine groups is 2. The first-order valence-electron chi connectivity index (χ1n) is 8.11. The lowest BCUT2D eigenvalue weighted by atomic mass is 10.1. The van der Waals surface area contributed by atoms with Gasteiger partial charge < -0.3 is 10.4 Å². The van der Waals surface area contributed by atoms with Crippen LogP contribution in [-0.4, -0.2) is 58.1 Å². The number of nitrogens with one attached hydrogen (secondary N) is 1. The minimum Gasteiger partial charge on any atom is -0.394 e. The maximum Gasteiger partial charge on any atom is 0.264 e. The van der Waals surface area contributed by atoms with Gasteiger partial charge in [-0.25, -0.2) is 10.0 Å². The number of carbonyl (C=O) groups excluding carboxylic acids is 2. The lowest BCUT2D eigenvalue weighted by Gasteiger charge is -2.19. The lowest BCUT2D eigenvalue weighted by Crippen LogP contribution is -2.35. The van der Waals surface area contributed by atoms with Crippen molar-refractivity contribution in [2.24, 2.45) is 21.0 Å². The number of aryl methyl sites for hydroxylation is 2. The summed E-state index contributed by atoms with van der Waals surface area (Å²) in [5, 5.41) is 17.7. The highest BCUT2D eigenvalue weighted by molar-refractivity contribution is 8.14. The number of hydrogen-bond acceptors (Lipinski definition) is 7. The number of aliphatic imine (C=N–C) groups is 2. The average molecular weight is 373 g/mol. The molecular formula is C17H19N5O3S. The van der Waals surface area contributed by atoms with Gasteiger partial charge in [-0.3, -0.25) is 9.59 Å². The van der Waals surface area contributed by atoms with E-state index >= 15 is 0 Å². The molecule has 0 spiro atoms. The van der Waals surface area contributed by atoms with Crippen LogP contribution in [-0.2, 0) is 9.59 Å². The Labute approximate surface area is 155 Å². The molecule has 3 rings (SSSR count). The van der Waals surface area contributed by atoms with Crippen LogP contribution >= 0.6 is 11.8 Å². The Morgan fingerprint density at radius 1 is 1.35 bits per heavy atom. The molecule has 0 bridgehead atoms. The van der Waals surface area contributed by atoms with Gasteiger partial charge in [-0.05, 0) is 31.0 Å². The zero-order valence-electron chi connectivity index (χ0n) is 14.5. The number of hydrazone groups is 1. The van der Waals surface area contributed by atoms with Gasteiger partial charge in [-0.15, -0.1) is 0 Å². The standard InChI is InChI=1S/C17H19N5O3S/c1-10-3-4-11(2)13(7-10)19-14(24)9-26-17-20-15-12(16(25)21-17)8-18-22(15)5-6-23/h3-4,7-8,12,23H,5-6,9H2,1-2H3,(H,19,24). The predicted molar refractivity (Wildman–Crippen MR) is 103 cm³/mol. The second-order valence-corrected chi connectivity index (χ2v) is 6.89. The molecule has 0 saturated heterocycles. The number of benzene rings is 1. The molecule has 136 valence electrons. The maximum atomic E-state index is 12.2. The third-order valence-corrected chi connectivity index (χ3v) is 4.74. The Morgan fingerprint density at radius 3 is 2.92 bits per heavy atom. The average Bonchev–Trinajstić information content (AvgIpc) is 3.00. The molecule has 26 heavy (non-hydrogen) atoms. The van der Waals surface area contributed by atoms with Crippen molar-refractivity contribution in [2.75, 3.05) is 24.2 Å². The van der Waals surface area contributed by atoms with E-state index in [1.165, 1.54) is 11.2 Å². The summed E-state index contributed by atoms with van der Waals surface area (Å²) in [6.07, 6.45) is 1.47. The fourth-order valence-electron chi connectivity index (χ4n) is 2.54. The number of aliphatic hydroxyl groups is 1. The van der Waals surface area contributed by atoms with Gasteiger partial charge in [0.05, 0.1) is 18.9 Å². The molecule has 2 aliphatic rings. The highest BCUT2D eigenvalue weighted by Gasteiger charge is 2.35. The fraction of sp³-hybridized carbons (Fsp3) is 0.353. The van der Waals surface area contributed by atoms with Crippen molar-refractivity contribution in [1.29, 1.82) is 0 Å². The fourth-order valence-corrected chi connectivity index (χ4v) is 3.19. The quantitative estimate of drug-likeness (QED) is 0.806. The Balaban J connectivity index is 1.62. The Hall–Kier alpha value is -2.52. The SMILES string of the molecule is Cc1ccc(C)c(NC(=O)CSC2=NC(=O)C3C=NN(CCO)C3=N2)c1. The molecule has 1 unspecified atom stereocenters. The zero-order valence-corrected chi connectivity index (χ0v) is 15.3. The summed E-state index contributed by atoms with van der Waals surface area (Å²) < 4.78 is 0. The van der Waals surface area contributed by atoms with Gasteiger partial charge in [-0.2, -0.15) is 10.1 Å². The molecule has 2 amide bonds. The van der Waals surface area contributed by atoms with Crippen LogP contribution in [0.5, 0.6) is 0 Å². The summed E-state index contributed by atoms with van der Waals surface area (Å²) in [5.41, 5.74) is 2.80. The number of aliphatic hydroxyl groups excluding tert-OH is 1. The highest BCUT2D eigenvalue weighted by Crippen LogP contribution is 2.22. The van der Waals surface area contributed by atoms with Crippen molar-refractivity contribution < 1.29 is 14.7 Å². The van der Waals surface area contributed by atoms with Crippen LogP contribution in [0.1, 0.15) is 11.1 Å². The third kappa shape index (κ3) is 4.00. The normalized spacial score (nSPS) is 18.5. The minimum atomic E-state index is -0.602. The molecule has 2 N–H and O–H groups in total. The number of hydrogen-bond donors (Lipinski definition) is 2.